The van der Waals surface area contributed by atoms with Gasteiger partial charge >= 0.3 is 0 Å². The molecule has 0 aliphatic heterocycles. The minimum atomic E-state index is 0.483. The molecule has 1 atom stereocenters. The maximum atomic E-state index is 5.65. The van der Waals surface area contributed by atoms with Crippen LogP contribution < -0.4 is 10.1 Å². The Hall–Kier alpha value is -1.96. The van der Waals surface area contributed by atoms with Gasteiger partial charge in [0, 0.05) is 18.3 Å². The van der Waals surface area contributed by atoms with E-state index in [-0.39, 0.29) is 0 Å². The van der Waals surface area contributed by atoms with Gasteiger partial charge in [0.2, 0.25) is 0 Å². The van der Waals surface area contributed by atoms with Gasteiger partial charge in [-0.1, -0.05) is 50.2 Å². The van der Waals surface area contributed by atoms with Gasteiger partial charge < -0.3 is 10.1 Å². The van der Waals surface area contributed by atoms with Crippen LogP contribution in [0.15, 0.2) is 54.6 Å². The van der Waals surface area contributed by atoms with Crippen molar-refractivity contribution < 1.29 is 4.74 Å². The Morgan fingerprint density at radius 2 is 1.85 bits per heavy atom. The number of ether oxygens (including phenoxy) is 1. The van der Waals surface area contributed by atoms with Gasteiger partial charge in [0.1, 0.15) is 5.75 Å². The highest BCUT2D eigenvalue weighted by atomic mass is 16.5. The second kappa shape index (κ2) is 7.59. The molecule has 0 saturated heterocycles. The first-order chi connectivity index (χ1) is 9.79. The number of benzene rings is 2. The predicted octanol–water partition coefficient (Wildman–Crippen LogP) is 4.69. The third-order valence-electron chi connectivity index (χ3n) is 3.29. The van der Waals surface area contributed by atoms with Crippen molar-refractivity contribution in [3.63, 3.8) is 0 Å². The highest BCUT2D eigenvalue weighted by Crippen LogP contribution is 2.20. The van der Waals surface area contributed by atoms with Gasteiger partial charge in [0.25, 0.3) is 0 Å². The smallest absolute Gasteiger partial charge is 0.121 e. The first-order valence-corrected chi connectivity index (χ1v) is 7.31. The third kappa shape index (κ3) is 4.30. The lowest BCUT2D eigenvalue weighted by molar-refractivity contribution is 0.317. The van der Waals surface area contributed by atoms with Crippen molar-refractivity contribution >= 4 is 5.69 Å². The highest BCUT2D eigenvalue weighted by molar-refractivity contribution is 5.48. The molecule has 0 saturated carbocycles. The van der Waals surface area contributed by atoms with E-state index in [1.165, 1.54) is 5.56 Å². The topological polar surface area (TPSA) is 21.3 Å². The Morgan fingerprint density at radius 1 is 1.05 bits per heavy atom. The van der Waals surface area contributed by atoms with Crippen molar-refractivity contribution in [2.24, 2.45) is 0 Å². The molecule has 2 nitrogen and oxygen atoms in total. The van der Waals surface area contributed by atoms with Crippen molar-refractivity contribution in [2.45, 2.75) is 26.2 Å². The Labute approximate surface area is 121 Å². The molecule has 0 radical (unpaired) electrons. The summed E-state index contributed by atoms with van der Waals surface area (Å²) in [5.74, 6) is 1.42. The van der Waals surface area contributed by atoms with Crippen molar-refractivity contribution in [2.75, 3.05) is 18.5 Å². The Morgan fingerprint density at radius 3 is 2.60 bits per heavy atom. The number of hydrogen-bond acceptors (Lipinski definition) is 2. The summed E-state index contributed by atoms with van der Waals surface area (Å²) >= 11 is 0. The quantitative estimate of drug-likeness (QED) is 0.787. The molecule has 0 aromatic heterocycles. The Bertz CT molecular complexity index is 510. The lowest BCUT2D eigenvalue weighted by Crippen LogP contribution is -2.09. The van der Waals surface area contributed by atoms with Crippen LogP contribution >= 0.6 is 0 Å². The fourth-order valence-corrected chi connectivity index (χ4v) is 2.09. The second-order valence-corrected chi connectivity index (χ2v) is 5.07. The molecule has 2 rings (SSSR count). The van der Waals surface area contributed by atoms with Crippen LogP contribution in [0, 0.1) is 0 Å². The van der Waals surface area contributed by atoms with Crippen LogP contribution in [0.3, 0.4) is 0 Å². The minimum Gasteiger partial charge on any atom is -0.494 e. The molecule has 20 heavy (non-hydrogen) atoms. The molecule has 0 fully saturated rings. The molecular formula is C18H23NO. The fraction of sp³-hybridized carbons (Fsp3) is 0.333. The maximum absolute atomic E-state index is 5.65. The zero-order valence-corrected chi connectivity index (χ0v) is 12.3. The standard InChI is InChI=1S/C18H23NO/c1-3-12-20-18-11-7-10-17(13-18)19-14-15(2)16-8-5-4-6-9-16/h4-11,13,15,19H,3,12,14H2,1-2H3. The van der Waals surface area contributed by atoms with E-state index in [9.17, 15) is 0 Å². The SMILES string of the molecule is CCCOc1cccc(NCC(C)c2ccccc2)c1. The largest absolute Gasteiger partial charge is 0.494 e. The molecule has 1 unspecified atom stereocenters. The van der Waals surface area contributed by atoms with Gasteiger partial charge in [0.05, 0.1) is 6.61 Å². The van der Waals surface area contributed by atoms with E-state index in [0.717, 1.165) is 31.0 Å². The van der Waals surface area contributed by atoms with Crippen LogP contribution in [0.2, 0.25) is 0 Å². The lowest BCUT2D eigenvalue weighted by atomic mass is 10.0. The number of rotatable bonds is 7. The first kappa shape index (κ1) is 14.4. The molecule has 2 aromatic rings. The molecule has 0 aliphatic rings. The van der Waals surface area contributed by atoms with Gasteiger partial charge in [-0.05, 0) is 30.0 Å². The summed E-state index contributed by atoms with van der Waals surface area (Å²) in [4.78, 5) is 0. The summed E-state index contributed by atoms with van der Waals surface area (Å²) in [6, 6.07) is 18.8. The van der Waals surface area contributed by atoms with Crippen molar-refractivity contribution in [3.05, 3.63) is 60.2 Å². The second-order valence-electron chi connectivity index (χ2n) is 5.07. The Kier molecular flexibility index (Phi) is 5.48. The average molecular weight is 269 g/mol. The number of nitrogens with one attached hydrogen (secondary N) is 1. The number of anilines is 1. The zero-order valence-electron chi connectivity index (χ0n) is 12.3. The van der Waals surface area contributed by atoms with E-state index in [1.807, 2.05) is 12.1 Å². The van der Waals surface area contributed by atoms with E-state index >= 15 is 0 Å². The molecule has 2 heteroatoms. The molecule has 0 bridgehead atoms. The molecule has 2 aromatic carbocycles. The molecule has 0 spiro atoms. The summed E-state index contributed by atoms with van der Waals surface area (Å²) < 4.78 is 5.65. The van der Waals surface area contributed by atoms with Gasteiger partial charge in [-0.25, -0.2) is 0 Å². The monoisotopic (exact) mass is 269 g/mol. The third-order valence-corrected chi connectivity index (χ3v) is 3.29. The van der Waals surface area contributed by atoms with Crippen LogP contribution in [0.25, 0.3) is 0 Å². The first-order valence-electron chi connectivity index (χ1n) is 7.31. The molecule has 0 aliphatic carbocycles. The van der Waals surface area contributed by atoms with Crippen molar-refractivity contribution in [3.8, 4) is 5.75 Å². The van der Waals surface area contributed by atoms with Crippen molar-refractivity contribution in [1.82, 2.24) is 0 Å². The summed E-state index contributed by atoms with van der Waals surface area (Å²) in [5.41, 5.74) is 2.47. The van der Waals surface area contributed by atoms with Gasteiger partial charge in [-0.15, -0.1) is 0 Å². The van der Waals surface area contributed by atoms with E-state index < -0.39 is 0 Å². The maximum Gasteiger partial charge on any atom is 0.121 e. The van der Waals surface area contributed by atoms with Crippen LogP contribution in [0.1, 0.15) is 31.7 Å². The summed E-state index contributed by atoms with van der Waals surface area (Å²) in [7, 11) is 0. The lowest BCUT2D eigenvalue weighted by Gasteiger charge is -2.14. The normalized spacial score (nSPS) is 11.9. The van der Waals surface area contributed by atoms with E-state index in [1.54, 1.807) is 0 Å². The van der Waals surface area contributed by atoms with Crippen LogP contribution in [0.5, 0.6) is 5.75 Å². The molecule has 1 N–H and O–H groups in total. The van der Waals surface area contributed by atoms with Crippen LogP contribution in [-0.2, 0) is 0 Å². The van der Waals surface area contributed by atoms with Gasteiger partial charge in [-0.3, -0.25) is 0 Å². The summed E-state index contributed by atoms with van der Waals surface area (Å²) in [6.07, 6.45) is 1.03. The van der Waals surface area contributed by atoms with Crippen LogP contribution in [0.4, 0.5) is 5.69 Å². The predicted molar refractivity (Wildman–Crippen MR) is 85.6 cm³/mol. The summed E-state index contributed by atoms with van der Waals surface area (Å²) in [5, 5.41) is 3.48. The Balaban J connectivity index is 1.90. The molecular weight excluding hydrogens is 246 g/mol. The summed E-state index contributed by atoms with van der Waals surface area (Å²) in [6.45, 7) is 6.04. The van der Waals surface area contributed by atoms with Gasteiger partial charge in [-0.2, -0.15) is 0 Å². The molecule has 0 amide bonds. The average Bonchev–Trinajstić information content (AvgIpc) is 2.52. The minimum absolute atomic E-state index is 0.483. The fourth-order valence-electron chi connectivity index (χ4n) is 2.09. The highest BCUT2D eigenvalue weighted by Gasteiger charge is 2.04. The van der Waals surface area contributed by atoms with Gasteiger partial charge in [0.15, 0.2) is 0 Å². The molecule has 106 valence electrons. The van der Waals surface area contributed by atoms with E-state index in [0.29, 0.717) is 5.92 Å². The zero-order chi connectivity index (χ0) is 14.2. The van der Waals surface area contributed by atoms with E-state index in [2.05, 4.69) is 61.6 Å². The van der Waals surface area contributed by atoms with Crippen LogP contribution in [-0.4, -0.2) is 13.2 Å². The van der Waals surface area contributed by atoms with E-state index in [4.69, 9.17) is 4.74 Å². The number of hydrogen-bond donors (Lipinski definition) is 1. The molecule has 0 heterocycles. The van der Waals surface area contributed by atoms with Crippen molar-refractivity contribution in [1.29, 1.82) is 0 Å².